The molecule has 0 aliphatic heterocycles. The Hall–Kier alpha value is -3.21. The Labute approximate surface area is 126 Å². The first-order chi connectivity index (χ1) is 10.6. The number of anilines is 1. The van der Waals surface area contributed by atoms with E-state index in [0.29, 0.717) is 22.3 Å². The second-order valence-electron chi connectivity index (χ2n) is 4.78. The van der Waals surface area contributed by atoms with Gasteiger partial charge < -0.3 is 11.1 Å². The summed E-state index contributed by atoms with van der Waals surface area (Å²) >= 11 is 0. The first-order valence-corrected chi connectivity index (χ1v) is 6.70. The summed E-state index contributed by atoms with van der Waals surface area (Å²) in [6.45, 7) is 0. The lowest BCUT2D eigenvalue weighted by Gasteiger charge is -2.08. The number of carbonyl (C=O) groups excluding carboxylic acids is 2. The molecule has 3 aromatic rings. The molecule has 0 spiro atoms. The van der Waals surface area contributed by atoms with Crippen LogP contribution in [0, 0.1) is 0 Å². The van der Waals surface area contributed by atoms with Crippen molar-refractivity contribution in [3.63, 3.8) is 0 Å². The zero-order valence-electron chi connectivity index (χ0n) is 11.6. The number of aromatic nitrogens is 1. The molecule has 0 unspecified atom stereocenters. The maximum absolute atomic E-state index is 12.3. The number of pyridine rings is 1. The van der Waals surface area contributed by atoms with E-state index >= 15 is 0 Å². The number of primary amides is 1. The number of benzene rings is 2. The standard InChI is InChI=1S/C17H13N3O2/c18-16(21)12-5-1-6-13(10-12)17(22)20-14-8-2-4-11-7-3-9-19-15(11)14/h1-10H,(H2,18,21)(H,20,22). The Morgan fingerprint density at radius 3 is 2.50 bits per heavy atom. The summed E-state index contributed by atoms with van der Waals surface area (Å²) < 4.78 is 0. The van der Waals surface area contributed by atoms with E-state index in [0.717, 1.165) is 5.39 Å². The second-order valence-corrected chi connectivity index (χ2v) is 4.78. The van der Waals surface area contributed by atoms with Crippen LogP contribution in [0.25, 0.3) is 10.9 Å². The number of para-hydroxylation sites is 1. The number of nitrogens with one attached hydrogen (secondary N) is 1. The Kier molecular flexibility index (Phi) is 3.53. The van der Waals surface area contributed by atoms with E-state index < -0.39 is 5.91 Å². The summed E-state index contributed by atoms with van der Waals surface area (Å²) in [6, 6.07) is 15.6. The fourth-order valence-electron chi connectivity index (χ4n) is 2.21. The first-order valence-electron chi connectivity index (χ1n) is 6.70. The highest BCUT2D eigenvalue weighted by atomic mass is 16.2. The van der Waals surface area contributed by atoms with Crippen LogP contribution < -0.4 is 11.1 Å². The molecule has 5 heteroatoms. The first kappa shape index (κ1) is 13.8. The molecule has 0 saturated heterocycles. The molecule has 0 bridgehead atoms. The smallest absolute Gasteiger partial charge is 0.255 e. The maximum atomic E-state index is 12.3. The van der Waals surface area contributed by atoms with E-state index in [2.05, 4.69) is 10.3 Å². The van der Waals surface area contributed by atoms with Gasteiger partial charge in [0.05, 0.1) is 11.2 Å². The fraction of sp³-hybridized carbons (Fsp3) is 0. The van der Waals surface area contributed by atoms with E-state index in [1.807, 2.05) is 24.3 Å². The number of nitrogens with two attached hydrogens (primary N) is 1. The molecule has 2 aromatic carbocycles. The van der Waals surface area contributed by atoms with Crippen molar-refractivity contribution >= 4 is 28.4 Å². The van der Waals surface area contributed by atoms with Crippen molar-refractivity contribution in [2.45, 2.75) is 0 Å². The second kappa shape index (κ2) is 5.65. The monoisotopic (exact) mass is 291 g/mol. The summed E-state index contributed by atoms with van der Waals surface area (Å²) in [5.74, 6) is -0.886. The van der Waals surface area contributed by atoms with E-state index in [-0.39, 0.29) is 5.91 Å². The Balaban J connectivity index is 1.93. The molecule has 0 aliphatic carbocycles. The van der Waals surface area contributed by atoms with Gasteiger partial charge in [0.25, 0.3) is 5.91 Å². The molecule has 3 N–H and O–H groups in total. The van der Waals surface area contributed by atoms with Gasteiger partial charge in [0.2, 0.25) is 5.91 Å². The molecule has 0 aliphatic rings. The molecule has 0 fully saturated rings. The van der Waals surface area contributed by atoms with E-state index in [1.54, 1.807) is 30.5 Å². The highest BCUT2D eigenvalue weighted by Gasteiger charge is 2.10. The van der Waals surface area contributed by atoms with Crippen LogP contribution in [0.3, 0.4) is 0 Å². The van der Waals surface area contributed by atoms with Gasteiger partial charge in [0, 0.05) is 22.7 Å². The Morgan fingerprint density at radius 2 is 1.68 bits per heavy atom. The van der Waals surface area contributed by atoms with Crippen LogP contribution in [0.1, 0.15) is 20.7 Å². The number of amides is 2. The molecule has 0 atom stereocenters. The van der Waals surface area contributed by atoms with Crippen molar-refractivity contribution < 1.29 is 9.59 Å². The van der Waals surface area contributed by atoms with E-state index in [1.165, 1.54) is 6.07 Å². The lowest BCUT2D eigenvalue weighted by molar-refractivity contribution is 0.1000. The minimum Gasteiger partial charge on any atom is -0.366 e. The summed E-state index contributed by atoms with van der Waals surface area (Å²) in [5.41, 5.74) is 7.22. The van der Waals surface area contributed by atoms with Crippen molar-refractivity contribution in [2.24, 2.45) is 5.73 Å². The SMILES string of the molecule is NC(=O)c1cccc(C(=O)Nc2cccc3cccnc23)c1. The lowest BCUT2D eigenvalue weighted by Crippen LogP contribution is -2.15. The van der Waals surface area contributed by atoms with Crippen molar-refractivity contribution in [2.75, 3.05) is 5.32 Å². The lowest BCUT2D eigenvalue weighted by atomic mass is 10.1. The summed E-state index contributed by atoms with van der Waals surface area (Å²) in [6.07, 6.45) is 1.67. The zero-order valence-corrected chi connectivity index (χ0v) is 11.6. The van der Waals surface area contributed by atoms with Gasteiger partial charge in [-0.3, -0.25) is 14.6 Å². The van der Waals surface area contributed by atoms with Gasteiger partial charge in [-0.15, -0.1) is 0 Å². The van der Waals surface area contributed by atoms with E-state index in [9.17, 15) is 9.59 Å². The molecule has 1 aromatic heterocycles. The average molecular weight is 291 g/mol. The highest BCUT2D eigenvalue weighted by Crippen LogP contribution is 2.21. The topological polar surface area (TPSA) is 85.1 Å². The fourth-order valence-corrected chi connectivity index (χ4v) is 2.21. The molecule has 0 saturated carbocycles. The van der Waals surface area contributed by atoms with Crippen LogP contribution in [0.2, 0.25) is 0 Å². The maximum Gasteiger partial charge on any atom is 0.255 e. The normalized spacial score (nSPS) is 10.4. The van der Waals surface area contributed by atoms with Crippen molar-refractivity contribution in [3.8, 4) is 0 Å². The van der Waals surface area contributed by atoms with E-state index in [4.69, 9.17) is 5.73 Å². The third-order valence-electron chi connectivity index (χ3n) is 3.29. The van der Waals surface area contributed by atoms with Crippen LogP contribution in [0.4, 0.5) is 5.69 Å². The van der Waals surface area contributed by atoms with Gasteiger partial charge in [-0.1, -0.05) is 24.3 Å². The third kappa shape index (κ3) is 2.64. The van der Waals surface area contributed by atoms with Gasteiger partial charge in [0.1, 0.15) is 0 Å². The quantitative estimate of drug-likeness (QED) is 0.777. The molecule has 1 heterocycles. The van der Waals surface area contributed by atoms with Crippen LogP contribution in [-0.4, -0.2) is 16.8 Å². The molecular weight excluding hydrogens is 278 g/mol. The average Bonchev–Trinajstić information content (AvgIpc) is 2.55. The number of rotatable bonds is 3. The van der Waals surface area contributed by atoms with Crippen LogP contribution in [-0.2, 0) is 0 Å². The van der Waals surface area contributed by atoms with Crippen LogP contribution in [0.5, 0.6) is 0 Å². The predicted octanol–water partition coefficient (Wildman–Crippen LogP) is 2.59. The molecule has 108 valence electrons. The predicted molar refractivity (Wildman–Crippen MR) is 84.7 cm³/mol. The Bertz CT molecular complexity index is 869. The zero-order chi connectivity index (χ0) is 15.5. The minimum atomic E-state index is -0.568. The molecule has 5 nitrogen and oxygen atoms in total. The Morgan fingerprint density at radius 1 is 0.955 bits per heavy atom. The molecular formula is C17H13N3O2. The molecule has 22 heavy (non-hydrogen) atoms. The van der Waals surface area contributed by atoms with Gasteiger partial charge >= 0.3 is 0 Å². The van der Waals surface area contributed by atoms with Crippen molar-refractivity contribution in [3.05, 3.63) is 71.9 Å². The number of hydrogen-bond acceptors (Lipinski definition) is 3. The van der Waals surface area contributed by atoms with Gasteiger partial charge in [0.15, 0.2) is 0 Å². The molecule has 3 rings (SSSR count). The number of hydrogen-bond donors (Lipinski definition) is 2. The molecule has 2 amide bonds. The van der Waals surface area contributed by atoms with Gasteiger partial charge in [-0.2, -0.15) is 0 Å². The number of carbonyl (C=O) groups is 2. The highest BCUT2D eigenvalue weighted by molar-refractivity contribution is 6.09. The van der Waals surface area contributed by atoms with Crippen molar-refractivity contribution in [1.82, 2.24) is 4.98 Å². The van der Waals surface area contributed by atoms with Gasteiger partial charge in [-0.25, -0.2) is 0 Å². The number of nitrogens with zero attached hydrogens (tertiary/aromatic N) is 1. The molecule has 0 radical (unpaired) electrons. The third-order valence-corrected chi connectivity index (χ3v) is 3.29. The minimum absolute atomic E-state index is 0.295. The summed E-state index contributed by atoms with van der Waals surface area (Å²) in [7, 11) is 0. The van der Waals surface area contributed by atoms with Gasteiger partial charge in [-0.05, 0) is 30.3 Å². The largest absolute Gasteiger partial charge is 0.366 e. The van der Waals surface area contributed by atoms with Crippen LogP contribution >= 0.6 is 0 Å². The summed E-state index contributed by atoms with van der Waals surface area (Å²) in [5, 5.41) is 3.75. The summed E-state index contributed by atoms with van der Waals surface area (Å²) in [4.78, 5) is 27.8. The van der Waals surface area contributed by atoms with Crippen LogP contribution in [0.15, 0.2) is 60.8 Å². The van der Waals surface area contributed by atoms with Crippen molar-refractivity contribution in [1.29, 1.82) is 0 Å². The number of fused-ring (bicyclic) bond motifs is 1.